The molecule has 0 fully saturated rings. The second-order valence-electron chi connectivity index (χ2n) is 6.94. The van der Waals surface area contributed by atoms with Crippen LogP contribution in [-0.2, 0) is 9.53 Å². The number of fused-ring (bicyclic) bond motifs is 1. The summed E-state index contributed by atoms with van der Waals surface area (Å²) in [5.74, 6) is -1.66. The number of hydrogen-bond donors (Lipinski definition) is 1. The highest BCUT2D eigenvalue weighted by molar-refractivity contribution is 6.34. The Hall–Kier alpha value is -4.27. The van der Waals surface area contributed by atoms with Crippen LogP contribution in [-0.4, -0.2) is 35.5 Å². The van der Waals surface area contributed by atoms with Crippen LogP contribution in [0.1, 0.15) is 42.4 Å². The van der Waals surface area contributed by atoms with Gasteiger partial charge in [0, 0.05) is 6.07 Å². The molecule has 0 saturated heterocycles. The number of amides is 3. The topological polar surface area (TPSA) is 119 Å². The Morgan fingerprint density at radius 2 is 1.77 bits per heavy atom. The number of carbonyl (C=O) groups is 4. The van der Waals surface area contributed by atoms with E-state index in [1.165, 1.54) is 24.3 Å². The first-order valence-electron chi connectivity index (χ1n) is 9.34. The van der Waals surface area contributed by atoms with Gasteiger partial charge in [0.2, 0.25) is 0 Å². The zero-order chi connectivity index (χ0) is 22.1. The summed E-state index contributed by atoms with van der Waals surface area (Å²) in [5.41, 5.74) is 1.60. The van der Waals surface area contributed by atoms with E-state index in [1.54, 1.807) is 32.0 Å². The standard InChI is InChI=1S/C22H17N3O6/c1-12-5-3-4-6-17(12)25-20(27)15-8-7-14(10-16(15)21(25)28)22(29)30-11-19(26)23-18-9-13(2)31-24-18/h3-10H,11H2,1-2H3,(H,23,24,26). The minimum atomic E-state index is -0.802. The first-order valence-corrected chi connectivity index (χ1v) is 9.34. The van der Waals surface area contributed by atoms with Crippen molar-refractivity contribution in [1.29, 1.82) is 0 Å². The average molecular weight is 419 g/mol. The summed E-state index contributed by atoms with van der Waals surface area (Å²) in [7, 11) is 0. The number of rotatable bonds is 5. The lowest BCUT2D eigenvalue weighted by Gasteiger charge is -2.16. The summed E-state index contributed by atoms with van der Waals surface area (Å²) in [6.45, 7) is 2.92. The van der Waals surface area contributed by atoms with E-state index in [-0.39, 0.29) is 22.5 Å². The van der Waals surface area contributed by atoms with E-state index in [4.69, 9.17) is 9.26 Å². The summed E-state index contributed by atoms with van der Waals surface area (Å²) in [6.07, 6.45) is 0. The lowest BCUT2D eigenvalue weighted by atomic mass is 10.1. The van der Waals surface area contributed by atoms with E-state index < -0.39 is 30.3 Å². The normalized spacial score (nSPS) is 12.6. The molecular formula is C22H17N3O6. The molecule has 1 aliphatic heterocycles. The van der Waals surface area contributed by atoms with Gasteiger partial charge in [-0.05, 0) is 43.7 Å². The predicted octanol–water partition coefficient (Wildman–Crippen LogP) is 2.89. The summed E-state index contributed by atoms with van der Waals surface area (Å²) in [6, 6.07) is 12.6. The van der Waals surface area contributed by atoms with E-state index in [0.29, 0.717) is 11.4 Å². The third kappa shape index (κ3) is 3.80. The van der Waals surface area contributed by atoms with Crippen LogP contribution in [0.5, 0.6) is 0 Å². The smallest absolute Gasteiger partial charge is 0.338 e. The number of para-hydroxylation sites is 1. The lowest BCUT2D eigenvalue weighted by molar-refractivity contribution is -0.119. The molecule has 9 nitrogen and oxygen atoms in total. The molecule has 0 aliphatic carbocycles. The number of benzene rings is 2. The Morgan fingerprint density at radius 1 is 1.03 bits per heavy atom. The number of nitrogens with zero attached hydrogens (tertiary/aromatic N) is 2. The molecule has 1 aromatic heterocycles. The maximum atomic E-state index is 12.9. The zero-order valence-electron chi connectivity index (χ0n) is 16.7. The fraction of sp³-hybridized carbons (Fsp3) is 0.136. The van der Waals surface area contributed by atoms with Crippen LogP contribution in [0.4, 0.5) is 11.5 Å². The maximum Gasteiger partial charge on any atom is 0.338 e. The van der Waals surface area contributed by atoms with Crippen LogP contribution >= 0.6 is 0 Å². The summed E-state index contributed by atoms with van der Waals surface area (Å²) in [5, 5.41) is 6.04. The SMILES string of the molecule is Cc1cc(NC(=O)COC(=O)c2ccc3c(c2)C(=O)N(c2ccccc2C)C3=O)no1. The molecule has 0 bridgehead atoms. The van der Waals surface area contributed by atoms with Crippen LogP contribution in [0, 0.1) is 13.8 Å². The van der Waals surface area contributed by atoms with E-state index >= 15 is 0 Å². The summed E-state index contributed by atoms with van der Waals surface area (Å²) in [4.78, 5) is 51.0. The molecule has 1 aliphatic rings. The van der Waals surface area contributed by atoms with Crippen molar-refractivity contribution >= 4 is 35.2 Å². The van der Waals surface area contributed by atoms with Gasteiger partial charge in [-0.15, -0.1) is 0 Å². The Labute approximate surface area is 176 Å². The fourth-order valence-electron chi connectivity index (χ4n) is 3.22. The van der Waals surface area contributed by atoms with Crippen molar-refractivity contribution in [2.75, 3.05) is 16.8 Å². The third-order valence-electron chi connectivity index (χ3n) is 4.71. The number of anilines is 2. The van der Waals surface area contributed by atoms with Crippen molar-refractivity contribution in [3.8, 4) is 0 Å². The van der Waals surface area contributed by atoms with Crippen molar-refractivity contribution < 1.29 is 28.4 Å². The number of nitrogens with one attached hydrogen (secondary N) is 1. The van der Waals surface area contributed by atoms with Crippen LogP contribution in [0.15, 0.2) is 53.1 Å². The zero-order valence-corrected chi connectivity index (χ0v) is 16.7. The van der Waals surface area contributed by atoms with Gasteiger partial charge in [-0.2, -0.15) is 0 Å². The minimum absolute atomic E-state index is 0.0524. The number of ether oxygens (including phenoxy) is 1. The molecular weight excluding hydrogens is 402 g/mol. The molecule has 3 aromatic rings. The van der Waals surface area contributed by atoms with Crippen molar-refractivity contribution in [2.24, 2.45) is 0 Å². The molecule has 2 heterocycles. The van der Waals surface area contributed by atoms with Crippen LogP contribution in [0.25, 0.3) is 0 Å². The molecule has 3 amide bonds. The minimum Gasteiger partial charge on any atom is -0.452 e. The number of hydrogen-bond acceptors (Lipinski definition) is 7. The Morgan fingerprint density at radius 3 is 2.48 bits per heavy atom. The molecule has 0 unspecified atom stereocenters. The van der Waals surface area contributed by atoms with Gasteiger partial charge in [-0.3, -0.25) is 14.4 Å². The van der Waals surface area contributed by atoms with E-state index in [9.17, 15) is 19.2 Å². The predicted molar refractivity (Wildman–Crippen MR) is 109 cm³/mol. The number of imide groups is 1. The van der Waals surface area contributed by atoms with Gasteiger partial charge in [0.15, 0.2) is 12.4 Å². The van der Waals surface area contributed by atoms with Gasteiger partial charge in [-0.25, -0.2) is 9.69 Å². The highest BCUT2D eigenvalue weighted by atomic mass is 16.5. The van der Waals surface area contributed by atoms with Crippen molar-refractivity contribution in [1.82, 2.24) is 5.16 Å². The van der Waals surface area contributed by atoms with Crippen LogP contribution in [0.2, 0.25) is 0 Å². The molecule has 156 valence electrons. The van der Waals surface area contributed by atoms with Crippen LogP contribution in [0.3, 0.4) is 0 Å². The number of aryl methyl sites for hydroxylation is 2. The molecule has 4 rings (SSSR count). The Kier molecular flexibility index (Phi) is 5.08. The van der Waals surface area contributed by atoms with E-state index in [0.717, 1.165) is 10.5 Å². The van der Waals surface area contributed by atoms with E-state index in [2.05, 4.69) is 10.5 Å². The summed E-state index contributed by atoms with van der Waals surface area (Å²) < 4.78 is 9.84. The molecule has 9 heteroatoms. The summed E-state index contributed by atoms with van der Waals surface area (Å²) >= 11 is 0. The molecule has 1 N–H and O–H groups in total. The highest BCUT2D eigenvalue weighted by Gasteiger charge is 2.37. The molecule has 0 saturated carbocycles. The molecule has 0 spiro atoms. The molecule has 31 heavy (non-hydrogen) atoms. The monoisotopic (exact) mass is 419 g/mol. The molecule has 0 atom stereocenters. The van der Waals surface area contributed by atoms with Gasteiger partial charge in [0.1, 0.15) is 5.76 Å². The second kappa shape index (κ2) is 7.86. The van der Waals surface area contributed by atoms with Crippen LogP contribution < -0.4 is 10.2 Å². The first kappa shape index (κ1) is 20.0. The lowest BCUT2D eigenvalue weighted by Crippen LogP contribution is -2.29. The fourth-order valence-corrected chi connectivity index (χ4v) is 3.22. The quantitative estimate of drug-likeness (QED) is 0.499. The van der Waals surface area contributed by atoms with Gasteiger partial charge in [0.25, 0.3) is 17.7 Å². The highest BCUT2D eigenvalue weighted by Crippen LogP contribution is 2.31. The van der Waals surface area contributed by atoms with Crippen molar-refractivity contribution in [3.63, 3.8) is 0 Å². The number of esters is 1. The third-order valence-corrected chi connectivity index (χ3v) is 4.71. The molecule has 0 radical (unpaired) electrons. The first-order chi connectivity index (χ1) is 14.8. The van der Waals surface area contributed by atoms with E-state index in [1.807, 2.05) is 6.07 Å². The number of aromatic nitrogens is 1. The average Bonchev–Trinajstić information content (AvgIpc) is 3.27. The second-order valence-corrected chi connectivity index (χ2v) is 6.94. The van der Waals surface area contributed by atoms with Gasteiger partial charge in [0.05, 0.1) is 22.4 Å². The van der Waals surface area contributed by atoms with Gasteiger partial charge < -0.3 is 14.6 Å². The Balaban J connectivity index is 1.47. The van der Waals surface area contributed by atoms with Crippen molar-refractivity contribution in [2.45, 2.75) is 13.8 Å². The van der Waals surface area contributed by atoms with Gasteiger partial charge in [-0.1, -0.05) is 23.4 Å². The maximum absolute atomic E-state index is 12.9. The molecule has 2 aromatic carbocycles. The van der Waals surface area contributed by atoms with Gasteiger partial charge >= 0.3 is 5.97 Å². The Bertz CT molecular complexity index is 1230. The number of carbonyl (C=O) groups excluding carboxylic acids is 4. The largest absolute Gasteiger partial charge is 0.452 e. The van der Waals surface area contributed by atoms with Crippen molar-refractivity contribution in [3.05, 3.63) is 76.5 Å².